The van der Waals surface area contributed by atoms with Crippen LogP contribution in [0.5, 0.6) is 5.75 Å². The van der Waals surface area contributed by atoms with Gasteiger partial charge in [0, 0.05) is 40.5 Å². The first-order valence-corrected chi connectivity index (χ1v) is 11.2. The Morgan fingerprint density at radius 2 is 1.94 bits per heavy atom. The van der Waals surface area contributed by atoms with Crippen LogP contribution in [0.25, 0.3) is 21.9 Å². The van der Waals surface area contributed by atoms with E-state index in [1.165, 1.54) is 0 Å². The van der Waals surface area contributed by atoms with E-state index in [9.17, 15) is 19.5 Å². The molecule has 0 fully saturated rings. The smallest absolute Gasteiger partial charge is 0.339 e. The van der Waals surface area contributed by atoms with E-state index in [2.05, 4.69) is 10.3 Å². The summed E-state index contributed by atoms with van der Waals surface area (Å²) in [6.45, 7) is 1.54. The van der Waals surface area contributed by atoms with E-state index in [4.69, 9.17) is 9.15 Å². The van der Waals surface area contributed by atoms with Crippen LogP contribution >= 0.6 is 0 Å². The number of carbonyl (C=O) groups is 2. The number of aryl methyl sites for hydroxylation is 1. The maximum absolute atomic E-state index is 12.7. The maximum Gasteiger partial charge on any atom is 0.339 e. The highest BCUT2D eigenvalue weighted by atomic mass is 16.5. The molecule has 2 atom stereocenters. The summed E-state index contributed by atoms with van der Waals surface area (Å²) in [5, 5.41) is 14.0. The Morgan fingerprint density at radius 3 is 2.76 bits per heavy atom. The van der Waals surface area contributed by atoms with E-state index in [1.54, 1.807) is 25.3 Å². The predicted molar refractivity (Wildman–Crippen MR) is 126 cm³/mol. The summed E-state index contributed by atoms with van der Waals surface area (Å²) in [6.07, 6.45) is 3.42. The van der Waals surface area contributed by atoms with Gasteiger partial charge in [-0.15, -0.1) is 0 Å². The molecule has 3 N–H and O–H groups in total. The van der Waals surface area contributed by atoms with Gasteiger partial charge in [0.15, 0.2) is 6.10 Å². The molecule has 0 saturated carbocycles. The van der Waals surface area contributed by atoms with Gasteiger partial charge in [0.05, 0.1) is 0 Å². The molecule has 0 saturated heterocycles. The van der Waals surface area contributed by atoms with Crippen molar-refractivity contribution in [1.29, 1.82) is 0 Å². The minimum Gasteiger partial charge on any atom is -0.481 e. The van der Waals surface area contributed by atoms with Gasteiger partial charge in [-0.3, -0.25) is 4.79 Å². The number of para-hydroxylation sites is 1. The fraction of sp³-hybridized carbons (Fsp3) is 0.269. The number of carboxylic acids is 1. The van der Waals surface area contributed by atoms with Crippen LogP contribution < -0.4 is 15.7 Å². The molecular formula is C26H24N2O6. The number of carbonyl (C=O) groups excluding carboxylic acids is 1. The summed E-state index contributed by atoms with van der Waals surface area (Å²) in [7, 11) is 0. The lowest BCUT2D eigenvalue weighted by molar-refractivity contribution is -0.142. The molecule has 2 aromatic heterocycles. The molecule has 2 heterocycles. The van der Waals surface area contributed by atoms with Gasteiger partial charge in [-0.25, -0.2) is 9.59 Å². The quantitative estimate of drug-likeness (QED) is 0.364. The van der Waals surface area contributed by atoms with Gasteiger partial charge in [0.2, 0.25) is 0 Å². The molecule has 0 bridgehead atoms. The zero-order chi connectivity index (χ0) is 23.8. The highest BCUT2D eigenvalue weighted by Crippen LogP contribution is 2.30. The summed E-state index contributed by atoms with van der Waals surface area (Å²) in [5.41, 5.74) is 3.55. The highest BCUT2D eigenvalue weighted by molar-refractivity contribution is 5.88. The number of carboxylic acid groups (broad SMARTS) is 1. The number of hydrogen-bond donors (Lipinski definition) is 3. The van der Waals surface area contributed by atoms with Gasteiger partial charge >= 0.3 is 11.6 Å². The minimum atomic E-state index is -1.13. The molecule has 4 aromatic rings. The Bertz CT molecular complexity index is 1470. The number of fused-ring (bicyclic) bond motifs is 4. The summed E-state index contributed by atoms with van der Waals surface area (Å²) in [6, 6.07) is 11.6. The van der Waals surface area contributed by atoms with Crippen molar-refractivity contribution >= 4 is 33.7 Å². The Labute approximate surface area is 194 Å². The summed E-state index contributed by atoms with van der Waals surface area (Å²) < 4.78 is 11.2. The molecule has 1 aliphatic rings. The summed E-state index contributed by atoms with van der Waals surface area (Å²) in [4.78, 5) is 39.9. The van der Waals surface area contributed by atoms with E-state index in [1.807, 2.05) is 30.3 Å². The second-order valence-electron chi connectivity index (χ2n) is 8.58. The van der Waals surface area contributed by atoms with Gasteiger partial charge in [-0.05, 0) is 55.5 Å². The molecule has 1 amide bonds. The number of aromatic amines is 1. The molecule has 0 radical (unpaired) electrons. The fourth-order valence-corrected chi connectivity index (χ4v) is 4.60. The molecule has 0 unspecified atom stereocenters. The lowest BCUT2D eigenvalue weighted by Gasteiger charge is -2.19. The van der Waals surface area contributed by atoms with E-state index in [0.717, 1.165) is 52.2 Å². The van der Waals surface area contributed by atoms with Gasteiger partial charge < -0.3 is 24.6 Å². The minimum absolute atomic E-state index is 0.129. The van der Waals surface area contributed by atoms with E-state index >= 15 is 0 Å². The first kappa shape index (κ1) is 21.8. The Kier molecular flexibility index (Phi) is 5.57. The lowest BCUT2D eigenvalue weighted by Crippen LogP contribution is -2.47. The Morgan fingerprint density at radius 1 is 1.15 bits per heavy atom. The number of aromatic nitrogens is 1. The van der Waals surface area contributed by atoms with Crippen molar-refractivity contribution in [3.05, 3.63) is 75.8 Å². The van der Waals surface area contributed by atoms with Gasteiger partial charge in [0.25, 0.3) is 5.91 Å². The predicted octanol–water partition coefficient (Wildman–Crippen LogP) is 3.34. The number of aliphatic carboxylic acids is 1. The van der Waals surface area contributed by atoms with Crippen molar-refractivity contribution in [3.8, 4) is 5.75 Å². The third-order valence-corrected chi connectivity index (χ3v) is 6.34. The molecule has 5 rings (SSSR count). The third kappa shape index (κ3) is 4.03. The Balaban J connectivity index is 1.30. The number of amides is 1. The van der Waals surface area contributed by atoms with Crippen LogP contribution in [0.1, 0.15) is 30.0 Å². The normalized spacial score (nSPS) is 14.6. The number of hydrogen-bond acceptors (Lipinski definition) is 5. The third-order valence-electron chi connectivity index (χ3n) is 6.34. The largest absolute Gasteiger partial charge is 0.481 e. The molecule has 0 aliphatic heterocycles. The Hall–Kier alpha value is -4.07. The molecule has 8 heteroatoms. The highest BCUT2D eigenvalue weighted by Gasteiger charge is 2.26. The molecule has 1 aliphatic carbocycles. The lowest BCUT2D eigenvalue weighted by atomic mass is 10.0. The van der Waals surface area contributed by atoms with Crippen LogP contribution in [0.15, 0.2) is 57.9 Å². The van der Waals surface area contributed by atoms with Crippen LogP contribution in [0.4, 0.5) is 0 Å². The number of rotatable bonds is 7. The summed E-state index contributed by atoms with van der Waals surface area (Å²) in [5.74, 6) is -1.32. The van der Waals surface area contributed by atoms with Crippen LogP contribution in [0.2, 0.25) is 0 Å². The SMILES string of the molecule is C[C@@H](Oc1ccc2c3c(c(=O)oc2c1)CCC3)C(=O)N[C@@H](Cc1c[nH]c2ccccc12)C(=O)O. The fourth-order valence-electron chi connectivity index (χ4n) is 4.60. The summed E-state index contributed by atoms with van der Waals surface area (Å²) >= 11 is 0. The number of ether oxygens (including phenoxy) is 1. The van der Waals surface area contributed by atoms with Crippen molar-refractivity contribution in [2.24, 2.45) is 0 Å². The van der Waals surface area contributed by atoms with Crippen molar-refractivity contribution in [2.75, 3.05) is 0 Å². The molecule has 8 nitrogen and oxygen atoms in total. The van der Waals surface area contributed by atoms with Gasteiger partial charge in [0.1, 0.15) is 17.4 Å². The number of nitrogens with one attached hydrogen (secondary N) is 2. The van der Waals surface area contributed by atoms with Crippen molar-refractivity contribution in [3.63, 3.8) is 0 Å². The average molecular weight is 460 g/mol. The maximum atomic E-state index is 12.7. The average Bonchev–Trinajstić information content (AvgIpc) is 3.46. The molecule has 0 spiro atoms. The standard InChI is InChI=1S/C26H24N2O6/c1-14(33-16-9-10-19-18-6-4-7-20(18)26(32)34-23(19)12-16)24(29)28-22(25(30)31)11-15-13-27-21-8-3-2-5-17(15)21/h2-3,5,8-10,12-14,22,27H,4,6-7,11H2,1H3,(H,28,29)(H,30,31)/t14-,22+/m1/s1. The number of benzene rings is 2. The molecular weight excluding hydrogens is 436 g/mol. The first-order chi connectivity index (χ1) is 16.4. The molecule has 174 valence electrons. The topological polar surface area (TPSA) is 122 Å². The second-order valence-corrected chi connectivity index (χ2v) is 8.58. The van der Waals surface area contributed by atoms with Crippen LogP contribution in [0, 0.1) is 0 Å². The molecule has 34 heavy (non-hydrogen) atoms. The van der Waals surface area contributed by atoms with Gasteiger partial charge in [-0.2, -0.15) is 0 Å². The number of H-pyrrole nitrogens is 1. The van der Waals surface area contributed by atoms with E-state index in [0.29, 0.717) is 11.3 Å². The van der Waals surface area contributed by atoms with Crippen molar-refractivity contribution in [2.45, 2.75) is 44.8 Å². The van der Waals surface area contributed by atoms with Crippen LogP contribution in [-0.2, 0) is 28.9 Å². The molecule has 2 aromatic carbocycles. The zero-order valence-corrected chi connectivity index (χ0v) is 18.6. The zero-order valence-electron chi connectivity index (χ0n) is 18.6. The van der Waals surface area contributed by atoms with Crippen molar-refractivity contribution < 1.29 is 23.8 Å². The van der Waals surface area contributed by atoms with E-state index < -0.39 is 24.0 Å². The van der Waals surface area contributed by atoms with Crippen LogP contribution in [0.3, 0.4) is 0 Å². The van der Waals surface area contributed by atoms with E-state index in [-0.39, 0.29) is 12.0 Å². The van der Waals surface area contributed by atoms with Crippen molar-refractivity contribution in [1.82, 2.24) is 10.3 Å². The van der Waals surface area contributed by atoms with Gasteiger partial charge in [-0.1, -0.05) is 18.2 Å². The second kappa shape index (κ2) is 8.70. The monoisotopic (exact) mass is 460 g/mol. The van der Waals surface area contributed by atoms with Crippen LogP contribution in [-0.4, -0.2) is 34.1 Å². The first-order valence-electron chi connectivity index (χ1n) is 11.2.